The summed E-state index contributed by atoms with van der Waals surface area (Å²) in [7, 11) is 1.62. The van der Waals surface area contributed by atoms with Crippen LogP contribution in [0.2, 0.25) is 0 Å². The molecule has 0 saturated heterocycles. The summed E-state index contributed by atoms with van der Waals surface area (Å²) in [6.45, 7) is 3.09. The van der Waals surface area contributed by atoms with E-state index >= 15 is 0 Å². The van der Waals surface area contributed by atoms with Crippen molar-refractivity contribution in [3.05, 3.63) is 83.9 Å². The molecule has 6 heteroatoms. The molecule has 1 aliphatic rings. The van der Waals surface area contributed by atoms with Gasteiger partial charge in [0.25, 0.3) is 0 Å². The van der Waals surface area contributed by atoms with E-state index < -0.39 is 16.8 Å². The molecule has 0 aromatic heterocycles. The average Bonchev–Trinajstić information content (AvgIpc) is 3.67. The summed E-state index contributed by atoms with van der Waals surface area (Å²) >= 11 is 0. The van der Waals surface area contributed by atoms with Crippen LogP contribution in [0.1, 0.15) is 49.0 Å². The number of rotatable bonds is 9. The summed E-state index contributed by atoms with van der Waals surface area (Å²) in [5.74, 6) is -0.441. The number of carbonyl (C=O) groups excluding carboxylic acids is 2. The number of carbonyl (C=O) groups is 3. The molecular formula is C29H29NO5. The number of hydrogen-bond donors (Lipinski definition) is 2. The summed E-state index contributed by atoms with van der Waals surface area (Å²) in [6.07, 6.45) is 1.57. The number of aliphatic carboxylic acids is 1. The number of methoxy groups -OCH3 is 1. The summed E-state index contributed by atoms with van der Waals surface area (Å²) < 4.78 is 5.21. The van der Waals surface area contributed by atoms with E-state index in [0.29, 0.717) is 5.56 Å². The predicted molar refractivity (Wildman–Crippen MR) is 135 cm³/mol. The van der Waals surface area contributed by atoms with E-state index in [1.54, 1.807) is 33.1 Å². The first-order chi connectivity index (χ1) is 16.6. The molecule has 3 aromatic rings. The molecule has 0 radical (unpaired) electrons. The van der Waals surface area contributed by atoms with E-state index in [0.717, 1.165) is 41.0 Å². The minimum atomic E-state index is -1.11. The number of carboxylic acids is 1. The summed E-state index contributed by atoms with van der Waals surface area (Å²) in [5, 5.41) is 12.3. The smallest absolute Gasteiger partial charge is 0.309 e. The van der Waals surface area contributed by atoms with Crippen molar-refractivity contribution < 1.29 is 24.2 Å². The Morgan fingerprint density at radius 1 is 0.886 bits per heavy atom. The number of ether oxygens (including phenoxy) is 1. The van der Waals surface area contributed by atoms with Crippen LogP contribution in [0.15, 0.2) is 72.8 Å². The number of carboxylic acid groups (broad SMARTS) is 1. The third kappa shape index (κ3) is 5.11. The molecule has 0 aliphatic heterocycles. The van der Waals surface area contributed by atoms with Crippen LogP contribution in [0.5, 0.6) is 5.75 Å². The second-order valence-electron chi connectivity index (χ2n) is 9.71. The van der Waals surface area contributed by atoms with Gasteiger partial charge in [0.05, 0.1) is 17.9 Å². The maximum absolute atomic E-state index is 13.0. The molecule has 3 aromatic carbocycles. The molecule has 0 bridgehead atoms. The number of amides is 1. The van der Waals surface area contributed by atoms with Gasteiger partial charge in [-0.3, -0.25) is 14.4 Å². The second-order valence-corrected chi connectivity index (χ2v) is 9.71. The molecule has 1 fully saturated rings. The van der Waals surface area contributed by atoms with Crippen molar-refractivity contribution in [2.75, 3.05) is 12.4 Å². The lowest BCUT2D eigenvalue weighted by Gasteiger charge is -2.18. The van der Waals surface area contributed by atoms with Crippen LogP contribution in [0.4, 0.5) is 5.69 Å². The molecule has 2 N–H and O–H groups in total. The molecule has 4 rings (SSSR count). The molecule has 1 amide bonds. The largest absolute Gasteiger partial charge is 0.497 e. The molecule has 1 aliphatic carbocycles. The molecule has 0 heterocycles. The highest BCUT2D eigenvalue weighted by molar-refractivity contribution is 6.01. The average molecular weight is 472 g/mol. The van der Waals surface area contributed by atoms with Crippen LogP contribution >= 0.6 is 0 Å². The molecule has 0 atom stereocenters. The maximum Gasteiger partial charge on any atom is 0.309 e. The Balaban J connectivity index is 1.41. The normalized spacial score (nSPS) is 14.1. The number of benzene rings is 3. The highest BCUT2D eigenvalue weighted by Crippen LogP contribution is 2.49. The van der Waals surface area contributed by atoms with Gasteiger partial charge in [-0.1, -0.05) is 48.5 Å². The third-order valence-corrected chi connectivity index (χ3v) is 6.69. The lowest BCUT2D eigenvalue weighted by atomic mass is 9.85. The quantitative estimate of drug-likeness (QED) is 0.390. The Bertz CT molecular complexity index is 1240. The van der Waals surface area contributed by atoms with Crippen LogP contribution in [0.3, 0.4) is 0 Å². The van der Waals surface area contributed by atoms with Gasteiger partial charge >= 0.3 is 5.97 Å². The SMILES string of the molecule is COc1ccc(C2(C(=O)Nc3ccc(-c4ccc(C(=O)CC(C)(C)C(=O)O)cc4)cc3)CC2)cc1. The van der Waals surface area contributed by atoms with E-state index in [-0.39, 0.29) is 18.1 Å². The van der Waals surface area contributed by atoms with Gasteiger partial charge < -0.3 is 15.2 Å². The Kier molecular flexibility index (Phi) is 6.48. The lowest BCUT2D eigenvalue weighted by Crippen LogP contribution is -2.27. The Morgan fingerprint density at radius 2 is 1.43 bits per heavy atom. The molecule has 0 unspecified atom stereocenters. The van der Waals surface area contributed by atoms with Crippen LogP contribution < -0.4 is 10.1 Å². The zero-order valence-electron chi connectivity index (χ0n) is 20.1. The van der Waals surface area contributed by atoms with E-state index in [1.807, 2.05) is 60.7 Å². The fourth-order valence-corrected chi connectivity index (χ4v) is 4.11. The van der Waals surface area contributed by atoms with Crippen molar-refractivity contribution in [3.8, 4) is 16.9 Å². The first-order valence-electron chi connectivity index (χ1n) is 11.6. The minimum absolute atomic E-state index is 0.0115. The maximum atomic E-state index is 13.0. The summed E-state index contributed by atoms with van der Waals surface area (Å²) in [4.78, 5) is 36.8. The molecule has 6 nitrogen and oxygen atoms in total. The predicted octanol–water partition coefficient (Wildman–Crippen LogP) is 5.72. The molecule has 35 heavy (non-hydrogen) atoms. The van der Waals surface area contributed by atoms with Crippen molar-refractivity contribution in [2.45, 2.75) is 38.5 Å². The van der Waals surface area contributed by atoms with E-state index in [1.165, 1.54) is 0 Å². The number of hydrogen-bond acceptors (Lipinski definition) is 4. The van der Waals surface area contributed by atoms with Crippen LogP contribution in [0.25, 0.3) is 11.1 Å². The molecule has 180 valence electrons. The standard InChI is InChI=1S/C29H29NO5/c1-28(2,27(33)34)18-25(31)21-6-4-19(5-7-21)20-8-12-23(13-9-20)30-26(32)29(16-17-29)22-10-14-24(35-3)15-11-22/h4-15H,16-18H2,1-3H3,(H,30,32)(H,33,34). The van der Waals surface area contributed by atoms with Gasteiger partial charge in [0, 0.05) is 17.7 Å². The second kappa shape index (κ2) is 9.37. The fourth-order valence-electron chi connectivity index (χ4n) is 4.11. The molecule has 1 saturated carbocycles. The van der Waals surface area contributed by atoms with Crippen LogP contribution in [0, 0.1) is 5.41 Å². The van der Waals surface area contributed by atoms with Gasteiger partial charge in [0.1, 0.15) is 5.75 Å². The van der Waals surface area contributed by atoms with Gasteiger partial charge in [-0.05, 0) is 67.6 Å². The summed E-state index contributed by atoms with van der Waals surface area (Å²) in [6, 6.07) is 22.4. The van der Waals surface area contributed by atoms with Crippen molar-refractivity contribution >= 4 is 23.3 Å². The van der Waals surface area contributed by atoms with E-state index in [9.17, 15) is 19.5 Å². The monoisotopic (exact) mass is 471 g/mol. The third-order valence-electron chi connectivity index (χ3n) is 6.69. The number of Topliss-reactive ketones (excluding diaryl/α,β-unsaturated/α-hetero) is 1. The van der Waals surface area contributed by atoms with Gasteiger partial charge in [-0.15, -0.1) is 0 Å². The number of ketones is 1. The van der Waals surface area contributed by atoms with Crippen molar-refractivity contribution in [1.82, 2.24) is 0 Å². The lowest BCUT2D eigenvalue weighted by molar-refractivity contribution is -0.146. The highest BCUT2D eigenvalue weighted by Gasteiger charge is 2.51. The van der Waals surface area contributed by atoms with Crippen LogP contribution in [-0.4, -0.2) is 29.9 Å². The summed E-state index contributed by atoms with van der Waals surface area (Å²) in [5.41, 5.74) is 2.48. The Hall–Kier alpha value is -3.93. The topological polar surface area (TPSA) is 92.7 Å². The number of nitrogens with one attached hydrogen (secondary N) is 1. The first kappa shape index (κ1) is 24.2. The van der Waals surface area contributed by atoms with Crippen molar-refractivity contribution in [3.63, 3.8) is 0 Å². The van der Waals surface area contributed by atoms with Crippen LogP contribution in [-0.2, 0) is 15.0 Å². The van der Waals surface area contributed by atoms with Gasteiger partial charge in [0.15, 0.2) is 5.78 Å². The van der Waals surface area contributed by atoms with Crippen molar-refractivity contribution in [1.29, 1.82) is 0 Å². The Labute approximate surface area is 204 Å². The minimum Gasteiger partial charge on any atom is -0.497 e. The Morgan fingerprint density at radius 3 is 1.91 bits per heavy atom. The molecular weight excluding hydrogens is 442 g/mol. The van der Waals surface area contributed by atoms with Gasteiger partial charge in [-0.2, -0.15) is 0 Å². The van der Waals surface area contributed by atoms with E-state index in [2.05, 4.69) is 5.32 Å². The fraction of sp³-hybridized carbons (Fsp3) is 0.276. The first-order valence-corrected chi connectivity index (χ1v) is 11.6. The molecule has 0 spiro atoms. The zero-order chi connectivity index (χ0) is 25.2. The van der Waals surface area contributed by atoms with Gasteiger partial charge in [-0.25, -0.2) is 0 Å². The highest BCUT2D eigenvalue weighted by atomic mass is 16.5. The van der Waals surface area contributed by atoms with E-state index in [4.69, 9.17) is 4.74 Å². The zero-order valence-corrected chi connectivity index (χ0v) is 20.1. The van der Waals surface area contributed by atoms with Crippen molar-refractivity contribution in [2.24, 2.45) is 5.41 Å². The number of anilines is 1. The van der Waals surface area contributed by atoms with Gasteiger partial charge in [0.2, 0.25) is 5.91 Å².